The fourth-order valence-electron chi connectivity index (χ4n) is 0.360. The Morgan fingerprint density at radius 2 is 2.50 bits per heavy atom. The zero-order chi connectivity index (χ0) is 6.24. The van der Waals surface area contributed by atoms with Crippen LogP contribution in [0.1, 0.15) is 19.8 Å². The van der Waals surface area contributed by atoms with E-state index in [-0.39, 0.29) is 7.92 Å². The second kappa shape index (κ2) is 6.75. The summed E-state index contributed by atoms with van der Waals surface area (Å²) in [6.07, 6.45) is 5.74. The number of allylic oxidation sites excluding steroid dienone is 2. The number of rotatable bonds is 2. The van der Waals surface area contributed by atoms with Crippen LogP contribution in [0.5, 0.6) is 0 Å². The van der Waals surface area contributed by atoms with E-state index in [0.29, 0.717) is 0 Å². The molecule has 0 amide bonds. The SMILES string of the molecule is CC=CCCC#P=O. The van der Waals surface area contributed by atoms with Gasteiger partial charge in [0.05, 0.1) is 0 Å². The van der Waals surface area contributed by atoms with E-state index >= 15 is 0 Å². The third-order valence-electron chi connectivity index (χ3n) is 0.723. The van der Waals surface area contributed by atoms with Crippen molar-refractivity contribution in [2.24, 2.45) is 0 Å². The maximum atomic E-state index is 9.73. The average Bonchev–Trinajstić information content (AvgIpc) is 1.81. The first kappa shape index (κ1) is 7.75. The van der Waals surface area contributed by atoms with Crippen LogP contribution in [-0.2, 0) is 4.57 Å². The van der Waals surface area contributed by atoms with Crippen molar-refractivity contribution in [3.63, 3.8) is 0 Å². The second-order valence-electron chi connectivity index (χ2n) is 1.36. The molecule has 1 nitrogen and oxygen atoms in total. The van der Waals surface area contributed by atoms with E-state index < -0.39 is 0 Å². The number of unbranched alkanes of at least 4 members (excludes halogenated alkanes) is 1. The van der Waals surface area contributed by atoms with Gasteiger partial charge >= 0.3 is 50.0 Å². The molecular weight excluding hydrogens is 119 g/mol. The Morgan fingerprint density at radius 3 is 3.00 bits per heavy atom. The van der Waals surface area contributed by atoms with Gasteiger partial charge in [0.15, 0.2) is 0 Å². The molecule has 0 aliphatic heterocycles. The Hall–Kier alpha value is -0.250. The summed E-state index contributed by atoms with van der Waals surface area (Å²) in [7, 11) is 0.0267. The predicted molar refractivity (Wildman–Crippen MR) is 35.5 cm³/mol. The quantitative estimate of drug-likeness (QED) is 0.317. The summed E-state index contributed by atoms with van der Waals surface area (Å²) in [5.74, 6) is 0. The van der Waals surface area contributed by atoms with Crippen LogP contribution in [0.3, 0.4) is 0 Å². The molecule has 0 spiro atoms. The molecule has 0 N–H and O–H groups in total. The van der Waals surface area contributed by atoms with Crippen LogP contribution in [0.2, 0.25) is 0 Å². The first-order valence-corrected chi connectivity index (χ1v) is 3.39. The molecule has 0 unspecified atom stereocenters. The first-order chi connectivity index (χ1) is 3.91. The van der Waals surface area contributed by atoms with E-state index in [1.54, 1.807) is 0 Å². The molecule has 0 bridgehead atoms. The van der Waals surface area contributed by atoms with Gasteiger partial charge in [-0.25, -0.2) is 0 Å². The van der Waals surface area contributed by atoms with Gasteiger partial charge in [-0.3, -0.25) is 0 Å². The molecule has 44 valence electrons. The fraction of sp³-hybridized carbons (Fsp3) is 0.500. The molecule has 0 rings (SSSR count). The number of hydrogen-bond acceptors (Lipinski definition) is 1. The standard InChI is InChI=1S/C6H9OP/c1-2-3-4-5-6-8-7/h2-3H,4-5H2,1H3. The van der Waals surface area contributed by atoms with Gasteiger partial charge in [-0.1, -0.05) is 0 Å². The Morgan fingerprint density at radius 1 is 1.75 bits per heavy atom. The van der Waals surface area contributed by atoms with Crippen LogP contribution >= 0.6 is 7.92 Å². The molecule has 0 fully saturated rings. The Balaban J connectivity index is 3.14. The second-order valence-corrected chi connectivity index (χ2v) is 1.86. The van der Waals surface area contributed by atoms with Crippen molar-refractivity contribution in [2.75, 3.05) is 0 Å². The van der Waals surface area contributed by atoms with Gasteiger partial charge in [-0.2, -0.15) is 0 Å². The average molecular weight is 128 g/mol. The molecule has 0 heterocycles. The molecule has 8 heavy (non-hydrogen) atoms. The maximum absolute atomic E-state index is 9.73. The van der Waals surface area contributed by atoms with E-state index in [4.69, 9.17) is 0 Å². The van der Waals surface area contributed by atoms with Crippen LogP contribution in [-0.4, -0.2) is 0 Å². The summed E-state index contributed by atoms with van der Waals surface area (Å²) in [5, 5.41) is 0. The minimum atomic E-state index is 0.0267. The molecule has 0 aliphatic carbocycles. The zero-order valence-electron chi connectivity index (χ0n) is 4.92. The van der Waals surface area contributed by atoms with Crippen molar-refractivity contribution in [3.8, 4) is 5.63 Å². The normalized spacial score (nSPS) is 9.12. The molecule has 0 saturated heterocycles. The van der Waals surface area contributed by atoms with Crippen molar-refractivity contribution < 1.29 is 4.57 Å². The molecule has 0 radical (unpaired) electrons. The zero-order valence-corrected chi connectivity index (χ0v) is 5.82. The van der Waals surface area contributed by atoms with E-state index in [1.807, 2.05) is 19.1 Å². The summed E-state index contributed by atoms with van der Waals surface area (Å²) in [6.45, 7) is 1.97. The summed E-state index contributed by atoms with van der Waals surface area (Å²) in [6, 6.07) is 0. The molecule has 0 atom stereocenters. The third-order valence-corrected chi connectivity index (χ3v) is 1.08. The van der Waals surface area contributed by atoms with Crippen LogP contribution in [0.15, 0.2) is 12.2 Å². The molecule has 0 aromatic heterocycles. The van der Waals surface area contributed by atoms with Crippen LogP contribution in [0.25, 0.3) is 0 Å². The van der Waals surface area contributed by atoms with E-state index in [0.717, 1.165) is 12.8 Å². The van der Waals surface area contributed by atoms with Crippen LogP contribution < -0.4 is 0 Å². The number of hydrogen-bond donors (Lipinski definition) is 0. The van der Waals surface area contributed by atoms with Crippen LogP contribution in [0.4, 0.5) is 0 Å². The summed E-state index contributed by atoms with van der Waals surface area (Å²) in [5.41, 5.74) is 2.65. The van der Waals surface area contributed by atoms with Gasteiger partial charge < -0.3 is 0 Å². The summed E-state index contributed by atoms with van der Waals surface area (Å²) in [4.78, 5) is 0. The van der Waals surface area contributed by atoms with Crippen molar-refractivity contribution in [1.82, 2.24) is 0 Å². The van der Waals surface area contributed by atoms with Crippen molar-refractivity contribution in [1.29, 1.82) is 0 Å². The minimum absolute atomic E-state index is 0.0267. The van der Waals surface area contributed by atoms with Gasteiger partial charge in [0.25, 0.3) is 0 Å². The Bertz CT molecular complexity index is 152. The van der Waals surface area contributed by atoms with Crippen molar-refractivity contribution in [2.45, 2.75) is 19.8 Å². The first-order valence-electron chi connectivity index (χ1n) is 2.58. The third kappa shape index (κ3) is 5.75. The monoisotopic (exact) mass is 128 g/mol. The van der Waals surface area contributed by atoms with Gasteiger partial charge in [-0.15, -0.1) is 0 Å². The van der Waals surface area contributed by atoms with E-state index in [1.165, 1.54) is 0 Å². The van der Waals surface area contributed by atoms with Gasteiger partial charge in [0.1, 0.15) is 0 Å². The molecule has 0 saturated carbocycles. The topological polar surface area (TPSA) is 17.1 Å². The van der Waals surface area contributed by atoms with Gasteiger partial charge in [-0.05, 0) is 0 Å². The molecule has 0 aromatic rings. The van der Waals surface area contributed by atoms with Crippen molar-refractivity contribution in [3.05, 3.63) is 12.2 Å². The summed E-state index contributed by atoms with van der Waals surface area (Å²) < 4.78 is 9.73. The summed E-state index contributed by atoms with van der Waals surface area (Å²) >= 11 is 0. The Labute approximate surface area is 50.9 Å². The molecular formula is C6H9OP. The van der Waals surface area contributed by atoms with Gasteiger partial charge in [0.2, 0.25) is 0 Å². The van der Waals surface area contributed by atoms with E-state index in [9.17, 15) is 4.57 Å². The molecule has 0 aliphatic rings. The molecule has 2 heteroatoms. The Kier molecular flexibility index (Phi) is 6.54. The fourth-order valence-corrected chi connectivity index (χ4v) is 0.581. The van der Waals surface area contributed by atoms with Crippen LogP contribution in [0, 0.1) is 5.63 Å². The molecule has 0 aromatic carbocycles. The van der Waals surface area contributed by atoms with E-state index in [2.05, 4.69) is 5.63 Å². The predicted octanol–water partition coefficient (Wildman–Crippen LogP) is 2.59. The van der Waals surface area contributed by atoms with Crippen molar-refractivity contribution >= 4 is 7.92 Å². The van der Waals surface area contributed by atoms with Gasteiger partial charge in [0, 0.05) is 0 Å².